The van der Waals surface area contributed by atoms with Crippen LogP contribution < -0.4 is 0 Å². The van der Waals surface area contributed by atoms with Crippen molar-refractivity contribution in [2.24, 2.45) is 0 Å². The van der Waals surface area contributed by atoms with Gasteiger partial charge in [-0.05, 0) is 0 Å². The Bertz CT molecular complexity index is 658. The van der Waals surface area contributed by atoms with Crippen molar-refractivity contribution in [1.29, 1.82) is 0 Å². The fraction of sp³-hybridized carbons (Fsp3) is 0.364. The van der Waals surface area contributed by atoms with Gasteiger partial charge in [0.1, 0.15) is 0 Å². The molecule has 0 saturated carbocycles. The number of benzene rings is 1. The molecule has 0 bridgehead atoms. The number of hydrogen-bond acceptors (Lipinski definition) is 2. The van der Waals surface area contributed by atoms with Crippen LogP contribution in [0.3, 0.4) is 0 Å². The monoisotopic (exact) mass is 451 g/mol. The molecular formula is C11H12Cl2F3NO2RuS. The molecule has 21 heavy (non-hydrogen) atoms. The number of hydrogen-bond donors (Lipinski definition) is 0. The van der Waals surface area contributed by atoms with Crippen molar-refractivity contribution in [2.75, 3.05) is 6.26 Å². The van der Waals surface area contributed by atoms with E-state index in [-0.39, 0.29) is 12.1 Å². The van der Waals surface area contributed by atoms with Crippen molar-refractivity contribution in [3.8, 4) is 0 Å². The second-order valence-corrected chi connectivity index (χ2v) is 11.9. The normalized spacial score (nSPS) is 13.4. The Hall–Kier alpha value is -0.00662. The maximum atomic E-state index is 12.8. The molecule has 0 saturated heterocycles. The third-order valence-electron chi connectivity index (χ3n) is 2.40. The third kappa shape index (κ3) is 6.32. The van der Waals surface area contributed by atoms with Gasteiger partial charge in [0.05, 0.1) is 0 Å². The van der Waals surface area contributed by atoms with Crippen LogP contribution in [-0.4, -0.2) is 23.7 Å². The van der Waals surface area contributed by atoms with Crippen molar-refractivity contribution in [3.05, 3.63) is 34.9 Å². The number of sulfonamides is 1. The van der Waals surface area contributed by atoms with Crippen LogP contribution in [0.25, 0.3) is 0 Å². The summed E-state index contributed by atoms with van der Waals surface area (Å²) in [6.45, 7) is 1.27. The molecule has 0 atom stereocenters. The van der Waals surface area contributed by atoms with Crippen LogP contribution in [0.15, 0.2) is 18.2 Å². The number of aryl methyl sites for hydroxylation is 1. The molecule has 0 N–H and O–H groups in total. The zero-order valence-electron chi connectivity index (χ0n) is 10.9. The molecule has 0 aliphatic carbocycles. The van der Waals surface area contributed by atoms with Gasteiger partial charge in [0.15, 0.2) is 0 Å². The van der Waals surface area contributed by atoms with Crippen LogP contribution in [0.4, 0.5) is 13.2 Å². The first-order valence-corrected chi connectivity index (χ1v) is 12.7. The van der Waals surface area contributed by atoms with Gasteiger partial charge in [0.2, 0.25) is 0 Å². The van der Waals surface area contributed by atoms with Crippen LogP contribution in [-0.2, 0) is 36.3 Å². The van der Waals surface area contributed by atoms with E-state index < -0.39 is 35.3 Å². The van der Waals surface area contributed by atoms with Crippen LogP contribution in [0, 0.1) is 6.92 Å². The van der Waals surface area contributed by atoms with E-state index >= 15 is 0 Å². The summed E-state index contributed by atoms with van der Waals surface area (Å²) in [5, 5.41) is 0. The van der Waals surface area contributed by atoms with Crippen molar-refractivity contribution in [2.45, 2.75) is 19.6 Å². The molecule has 1 aromatic carbocycles. The Balaban J connectivity index is 3.22. The topological polar surface area (TPSA) is 37.4 Å². The predicted molar refractivity (Wildman–Crippen MR) is 74.3 cm³/mol. The molecule has 0 radical (unpaired) electrons. The van der Waals surface area contributed by atoms with E-state index in [1.54, 1.807) is 0 Å². The summed E-state index contributed by atoms with van der Waals surface area (Å²) in [5.41, 5.74) is -0.219. The van der Waals surface area contributed by atoms with E-state index in [0.717, 1.165) is 22.7 Å². The molecule has 3 nitrogen and oxygen atoms in total. The van der Waals surface area contributed by atoms with E-state index in [2.05, 4.69) is 0 Å². The Morgan fingerprint density at radius 1 is 1.29 bits per heavy atom. The minimum absolute atomic E-state index is 0.216. The predicted octanol–water partition coefficient (Wildman–Crippen LogP) is 3.46. The van der Waals surface area contributed by atoms with Gasteiger partial charge >= 0.3 is 134 Å². The van der Waals surface area contributed by atoms with Crippen LogP contribution >= 0.6 is 19.4 Å². The van der Waals surface area contributed by atoms with Crippen molar-refractivity contribution in [3.63, 3.8) is 0 Å². The molecule has 0 spiro atoms. The quantitative estimate of drug-likeness (QED) is 0.658. The molecule has 1 aromatic rings. The average molecular weight is 451 g/mol. The van der Waals surface area contributed by atoms with Gasteiger partial charge in [-0.1, -0.05) is 0 Å². The summed E-state index contributed by atoms with van der Waals surface area (Å²) < 4.78 is 63.5. The van der Waals surface area contributed by atoms with Crippen LogP contribution in [0.1, 0.15) is 16.7 Å². The van der Waals surface area contributed by atoms with Crippen molar-refractivity contribution in [1.82, 2.24) is 4.31 Å². The molecular weight excluding hydrogens is 439 g/mol. The number of rotatable bonds is 4. The number of nitrogens with zero attached hydrogens (tertiary/aromatic N) is 1. The Kier molecular flexibility index (Phi) is 6.39. The second kappa shape index (κ2) is 7.05. The standard InChI is InChI=1S/C11H12F3NO2S.2ClH.Ru/c1-8-4-9(7-15(2)18(3,16)17)6-10(5-8)11(12,13)14;;;/h2,4-6H,7H2,1,3H3;2*1H;/q;;;+2/p-2. The number of halogens is 5. The fourth-order valence-corrected chi connectivity index (χ4v) is 5.56. The first-order valence-electron chi connectivity index (χ1n) is 5.37. The molecule has 122 valence electrons. The zero-order valence-corrected chi connectivity index (χ0v) is 15.0. The molecule has 0 fully saturated rings. The molecule has 0 aliphatic rings. The summed E-state index contributed by atoms with van der Waals surface area (Å²) in [6, 6.07) is 3.40. The maximum absolute atomic E-state index is 12.8. The summed E-state index contributed by atoms with van der Waals surface area (Å²) in [6.07, 6.45) is -3.55. The van der Waals surface area contributed by atoms with Gasteiger partial charge in [-0.3, -0.25) is 0 Å². The van der Waals surface area contributed by atoms with Gasteiger partial charge in [-0.2, -0.15) is 0 Å². The van der Waals surface area contributed by atoms with Crippen molar-refractivity contribution >= 4 is 34.1 Å². The first kappa shape index (κ1) is 19.0. The fourth-order valence-electron chi connectivity index (χ4n) is 1.59. The molecule has 0 amide bonds. The second-order valence-electron chi connectivity index (χ2n) is 4.31. The van der Waals surface area contributed by atoms with Crippen LogP contribution in [0.5, 0.6) is 0 Å². The SMILES string of the molecule is Cc1cc(CN([CH]=[Ru]([Cl])[Cl])S(C)(=O)=O)cc(C(F)(F)F)c1. The zero-order chi connectivity index (χ0) is 16.4. The summed E-state index contributed by atoms with van der Waals surface area (Å²) in [7, 11) is 7.64. The molecule has 1 rings (SSSR count). The van der Waals surface area contributed by atoms with Gasteiger partial charge in [0.25, 0.3) is 0 Å². The summed E-state index contributed by atoms with van der Waals surface area (Å²) in [4.78, 5) is 0. The van der Waals surface area contributed by atoms with Crippen molar-refractivity contribution < 1.29 is 35.1 Å². The van der Waals surface area contributed by atoms with Gasteiger partial charge in [0, 0.05) is 0 Å². The van der Waals surface area contributed by atoms with Gasteiger partial charge < -0.3 is 0 Å². The van der Waals surface area contributed by atoms with E-state index in [0.29, 0.717) is 5.56 Å². The molecule has 0 aromatic heterocycles. The van der Waals surface area contributed by atoms with E-state index in [9.17, 15) is 21.6 Å². The number of alkyl halides is 3. The first-order chi connectivity index (χ1) is 9.39. The molecule has 0 aliphatic heterocycles. The average Bonchev–Trinajstić information content (AvgIpc) is 2.24. The van der Waals surface area contributed by atoms with Gasteiger partial charge in [-0.15, -0.1) is 0 Å². The molecule has 10 heteroatoms. The summed E-state index contributed by atoms with van der Waals surface area (Å²) >= 11 is -2.42. The molecule has 0 heterocycles. The Morgan fingerprint density at radius 2 is 1.86 bits per heavy atom. The van der Waals surface area contributed by atoms with E-state index in [4.69, 9.17) is 19.4 Å². The van der Waals surface area contributed by atoms with E-state index in [1.807, 2.05) is 0 Å². The molecule has 0 unspecified atom stereocenters. The van der Waals surface area contributed by atoms with Gasteiger partial charge in [-0.25, -0.2) is 0 Å². The van der Waals surface area contributed by atoms with Crippen LogP contribution in [0.2, 0.25) is 0 Å². The minimum atomic E-state index is -4.49. The third-order valence-corrected chi connectivity index (χ3v) is 5.48. The van der Waals surface area contributed by atoms with E-state index in [1.165, 1.54) is 17.7 Å². The Morgan fingerprint density at radius 3 is 2.29 bits per heavy atom. The summed E-state index contributed by atoms with van der Waals surface area (Å²) in [5.74, 6) is 0. The Labute approximate surface area is 134 Å².